The molecule has 1 aromatic heterocycles. The number of nitrogens with zero attached hydrogens (tertiary/aromatic N) is 3. The molecule has 160 valence electrons. The number of carbonyl (C=O) groups is 2. The molecule has 0 fully saturated rings. The van der Waals surface area contributed by atoms with Gasteiger partial charge in [-0.2, -0.15) is 4.99 Å². The molecule has 0 aliphatic carbocycles. The van der Waals surface area contributed by atoms with Gasteiger partial charge in [-0.3, -0.25) is 19.7 Å². The van der Waals surface area contributed by atoms with E-state index in [0.29, 0.717) is 10.4 Å². The second-order valence-corrected chi connectivity index (χ2v) is 7.85. The van der Waals surface area contributed by atoms with E-state index in [-0.39, 0.29) is 18.8 Å². The SMILES string of the molecule is CCOC(=O)Cn1c(=NC(=O)C=Cc2ccc([N+](=O)[O-])cc2)sc2cc(C)cc(C)c21. The zero-order valence-corrected chi connectivity index (χ0v) is 18.1. The molecule has 9 heteroatoms. The van der Waals surface area contributed by atoms with Crippen LogP contribution in [0, 0.1) is 24.0 Å². The van der Waals surface area contributed by atoms with Gasteiger partial charge in [-0.25, -0.2) is 0 Å². The predicted molar refractivity (Wildman–Crippen MR) is 119 cm³/mol. The highest BCUT2D eigenvalue weighted by Gasteiger charge is 2.14. The molecule has 0 bridgehead atoms. The molecule has 0 saturated carbocycles. The van der Waals surface area contributed by atoms with Crippen molar-refractivity contribution < 1.29 is 19.2 Å². The molecule has 1 amide bonds. The van der Waals surface area contributed by atoms with Gasteiger partial charge in [0.05, 0.1) is 21.7 Å². The van der Waals surface area contributed by atoms with Gasteiger partial charge >= 0.3 is 5.97 Å². The molecule has 31 heavy (non-hydrogen) atoms. The van der Waals surface area contributed by atoms with Gasteiger partial charge in [-0.15, -0.1) is 0 Å². The third kappa shape index (κ3) is 5.32. The fraction of sp³-hybridized carbons (Fsp3) is 0.227. The van der Waals surface area contributed by atoms with Gasteiger partial charge in [0.2, 0.25) is 0 Å². The summed E-state index contributed by atoms with van der Waals surface area (Å²) in [5.41, 5.74) is 3.51. The maximum atomic E-state index is 12.5. The number of aromatic nitrogens is 1. The Hall–Kier alpha value is -3.59. The molecule has 0 atom stereocenters. The molecule has 0 saturated heterocycles. The summed E-state index contributed by atoms with van der Waals surface area (Å²) in [7, 11) is 0. The van der Waals surface area contributed by atoms with E-state index in [1.54, 1.807) is 23.6 Å². The summed E-state index contributed by atoms with van der Waals surface area (Å²) in [6.07, 6.45) is 2.83. The minimum absolute atomic E-state index is 0.0240. The molecule has 0 N–H and O–H groups in total. The highest BCUT2D eigenvalue weighted by Crippen LogP contribution is 2.23. The van der Waals surface area contributed by atoms with E-state index in [1.807, 2.05) is 26.0 Å². The maximum Gasteiger partial charge on any atom is 0.326 e. The lowest BCUT2D eigenvalue weighted by atomic mass is 10.1. The molecular weight excluding hydrogens is 418 g/mol. The van der Waals surface area contributed by atoms with Gasteiger partial charge in [0.25, 0.3) is 11.6 Å². The van der Waals surface area contributed by atoms with Crippen molar-refractivity contribution in [3.63, 3.8) is 0 Å². The monoisotopic (exact) mass is 439 g/mol. The number of esters is 1. The molecule has 1 heterocycles. The first-order chi connectivity index (χ1) is 14.8. The lowest BCUT2D eigenvalue weighted by molar-refractivity contribution is -0.384. The van der Waals surface area contributed by atoms with Gasteiger partial charge in [0, 0.05) is 18.2 Å². The average molecular weight is 439 g/mol. The van der Waals surface area contributed by atoms with E-state index in [1.165, 1.54) is 35.6 Å². The Morgan fingerprint density at radius 2 is 1.94 bits per heavy atom. The molecule has 0 radical (unpaired) electrons. The number of nitro benzene ring substituents is 1. The van der Waals surface area contributed by atoms with Crippen LogP contribution in [-0.4, -0.2) is 28.0 Å². The highest BCUT2D eigenvalue weighted by atomic mass is 32.1. The van der Waals surface area contributed by atoms with Crippen molar-refractivity contribution >= 4 is 45.2 Å². The third-order valence-corrected chi connectivity index (χ3v) is 5.46. The largest absolute Gasteiger partial charge is 0.465 e. The quantitative estimate of drug-likeness (QED) is 0.250. The van der Waals surface area contributed by atoms with E-state index >= 15 is 0 Å². The third-order valence-electron chi connectivity index (χ3n) is 4.43. The number of benzene rings is 2. The second-order valence-electron chi connectivity index (χ2n) is 6.84. The Bertz CT molecular complexity index is 1250. The van der Waals surface area contributed by atoms with E-state index in [0.717, 1.165) is 21.3 Å². The lowest BCUT2D eigenvalue weighted by Crippen LogP contribution is -2.23. The van der Waals surface area contributed by atoms with Gasteiger partial charge in [0.15, 0.2) is 4.80 Å². The standard InChI is InChI=1S/C22H21N3O5S/c1-4-30-20(27)13-24-21-15(3)11-14(2)12-18(21)31-22(24)23-19(26)10-7-16-5-8-17(9-6-16)25(28)29/h5-12H,4,13H2,1-3H3. The van der Waals surface area contributed by atoms with Gasteiger partial charge < -0.3 is 9.30 Å². The number of carbonyl (C=O) groups excluding carboxylic acids is 2. The second kappa shape index (κ2) is 9.48. The van der Waals surface area contributed by atoms with E-state index in [2.05, 4.69) is 4.99 Å². The number of rotatable bonds is 6. The summed E-state index contributed by atoms with van der Waals surface area (Å²) in [4.78, 5) is 39.4. The number of nitro groups is 1. The number of amides is 1. The first-order valence-corrected chi connectivity index (χ1v) is 10.4. The van der Waals surface area contributed by atoms with Crippen molar-refractivity contribution in [3.8, 4) is 0 Å². The van der Waals surface area contributed by atoms with Gasteiger partial charge in [-0.1, -0.05) is 17.4 Å². The number of non-ortho nitro benzene ring substituents is 1. The predicted octanol–water partition coefficient (Wildman–Crippen LogP) is 3.93. The molecule has 0 spiro atoms. The van der Waals surface area contributed by atoms with Crippen molar-refractivity contribution in [1.82, 2.24) is 4.57 Å². The number of aryl methyl sites for hydroxylation is 2. The lowest BCUT2D eigenvalue weighted by Gasteiger charge is -2.07. The molecule has 3 rings (SSSR count). The molecule has 0 unspecified atom stereocenters. The molecule has 8 nitrogen and oxygen atoms in total. The zero-order valence-electron chi connectivity index (χ0n) is 17.3. The number of fused-ring (bicyclic) bond motifs is 1. The van der Waals surface area contributed by atoms with Gasteiger partial charge in [-0.05, 0) is 61.7 Å². The average Bonchev–Trinajstić information content (AvgIpc) is 3.03. The van der Waals surface area contributed by atoms with Crippen molar-refractivity contribution in [2.24, 2.45) is 4.99 Å². The summed E-state index contributed by atoms with van der Waals surface area (Å²) in [6, 6.07) is 9.84. The maximum absolute atomic E-state index is 12.5. The van der Waals surface area contributed by atoms with Crippen molar-refractivity contribution in [3.05, 3.63) is 74.1 Å². The van der Waals surface area contributed by atoms with Crippen LogP contribution in [0.1, 0.15) is 23.6 Å². The summed E-state index contributed by atoms with van der Waals surface area (Å²) in [6.45, 7) is 5.89. The smallest absolute Gasteiger partial charge is 0.326 e. The molecular formula is C22H21N3O5S. The van der Waals surface area contributed by atoms with Crippen LogP contribution in [0.2, 0.25) is 0 Å². The van der Waals surface area contributed by atoms with E-state index in [9.17, 15) is 19.7 Å². The number of hydrogen-bond acceptors (Lipinski definition) is 6. The molecule has 2 aromatic carbocycles. The Balaban J connectivity index is 1.97. The van der Waals surface area contributed by atoms with Crippen LogP contribution in [-0.2, 0) is 20.9 Å². The normalized spacial score (nSPS) is 11.9. The first-order valence-electron chi connectivity index (χ1n) is 9.56. The number of thiazole rings is 1. The fourth-order valence-electron chi connectivity index (χ4n) is 3.17. The van der Waals surface area contributed by atoms with Gasteiger partial charge in [0.1, 0.15) is 6.54 Å². The Morgan fingerprint density at radius 3 is 2.58 bits per heavy atom. The number of ether oxygens (including phenoxy) is 1. The van der Waals surface area contributed by atoms with Crippen molar-refractivity contribution in [2.75, 3.05) is 6.61 Å². The number of hydrogen-bond donors (Lipinski definition) is 0. The summed E-state index contributed by atoms with van der Waals surface area (Å²) < 4.78 is 7.70. The van der Waals surface area contributed by atoms with Crippen LogP contribution in [0.3, 0.4) is 0 Å². The fourth-order valence-corrected chi connectivity index (χ4v) is 4.38. The molecule has 0 aliphatic rings. The molecule has 3 aromatic rings. The molecule has 0 aliphatic heterocycles. The van der Waals surface area contributed by atoms with Crippen molar-refractivity contribution in [1.29, 1.82) is 0 Å². The highest BCUT2D eigenvalue weighted by molar-refractivity contribution is 7.16. The van der Waals surface area contributed by atoms with E-state index in [4.69, 9.17) is 4.74 Å². The van der Waals surface area contributed by atoms with Crippen LogP contribution in [0.15, 0.2) is 47.5 Å². The van der Waals surface area contributed by atoms with Crippen LogP contribution in [0.25, 0.3) is 16.3 Å². The first kappa shape index (κ1) is 22.1. The minimum atomic E-state index is -0.503. The summed E-state index contributed by atoms with van der Waals surface area (Å²) in [5.74, 6) is -0.908. The van der Waals surface area contributed by atoms with Crippen LogP contribution in [0.5, 0.6) is 0 Å². The Morgan fingerprint density at radius 1 is 1.23 bits per heavy atom. The van der Waals surface area contributed by atoms with Crippen molar-refractivity contribution in [2.45, 2.75) is 27.3 Å². The zero-order chi connectivity index (χ0) is 22.5. The Labute approximate surface area is 182 Å². The summed E-state index contributed by atoms with van der Waals surface area (Å²) >= 11 is 1.33. The topological polar surface area (TPSA) is 104 Å². The minimum Gasteiger partial charge on any atom is -0.465 e. The van der Waals surface area contributed by atoms with Crippen LogP contribution >= 0.6 is 11.3 Å². The van der Waals surface area contributed by atoms with Crippen LogP contribution < -0.4 is 4.80 Å². The summed E-state index contributed by atoms with van der Waals surface area (Å²) in [5, 5.41) is 10.7. The van der Waals surface area contributed by atoms with Crippen LogP contribution in [0.4, 0.5) is 5.69 Å². The van der Waals surface area contributed by atoms with E-state index < -0.39 is 16.8 Å². The Kier molecular flexibility index (Phi) is 6.76.